The van der Waals surface area contributed by atoms with Crippen molar-refractivity contribution in [2.75, 3.05) is 11.1 Å². The number of carboxylic acid groups (broad SMARTS) is 1. The number of urea groups is 1. The Kier molecular flexibility index (Phi) is 5.10. The first kappa shape index (κ1) is 16.1. The van der Waals surface area contributed by atoms with Crippen molar-refractivity contribution in [1.29, 1.82) is 0 Å². The van der Waals surface area contributed by atoms with Crippen molar-refractivity contribution in [2.24, 2.45) is 0 Å². The lowest BCUT2D eigenvalue weighted by molar-refractivity contribution is -0.137. The largest absolute Gasteiger partial charge is 0.481 e. The van der Waals surface area contributed by atoms with E-state index >= 15 is 0 Å². The van der Waals surface area contributed by atoms with E-state index in [2.05, 4.69) is 15.6 Å². The van der Waals surface area contributed by atoms with E-state index in [4.69, 9.17) is 5.11 Å². The molecule has 8 heteroatoms. The fraction of sp³-hybridized carbons (Fsp3) is 0.615. The van der Waals surface area contributed by atoms with Crippen LogP contribution in [0, 0.1) is 0 Å². The lowest BCUT2D eigenvalue weighted by atomic mass is 9.99. The van der Waals surface area contributed by atoms with E-state index in [0.29, 0.717) is 11.6 Å². The quantitative estimate of drug-likeness (QED) is 0.772. The number of rotatable bonds is 5. The van der Waals surface area contributed by atoms with E-state index in [1.807, 2.05) is 11.8 Å². The minimum Gasteiger partial charge on any atom is -0.481 e. The third-order valence-corrected chi connectivity index (χ3v) is 5.31. The van der Waals surface area contributed by atoms with Crippen molar-refractivity contribution in [3.63, 3.8) is 0 Å². The molecule has 0 bridgehead atoms. The van der Waals surface area contributed by atoms with E-state index in [1.54, 1.807) is 13.8 Å². The van der Waals surface area contributed by atoms with Gasteiger partial charge < -0.3 is 10.4 Å². The average Bonchev–Trinajstić information content (AvgIpc) is 2.77. The SMILES string of the molecule is CC(C)(CCC(=O)O)NC(=O)Nc1nc2c(s1)CSCC2. The van der Waals surface area contributed by atoms with E-state index in [0.717, 1.165) is 23.6 Å². The second-order valence-electron chi connectivity index (χ2n) is 5.55. The van der Waals surface area contributed by atoms with Gasteiger partial charge in [-0.25, -0.2) is 9.78 Å². The van der Waals surface area contributed by atoms with Crippen molar-refractivity contribution in [2.45, 2.75) is 44.4 Å². The van der Waals surface area contributed by atoms with Crippen LogP contribution in [0.3, 0.4) is 0 Å². The predicted molar refractivity (Wildman–Crippen MR) is 85.1 cm³/mol. The molecule has 2 heterocycles. The predicted octanol–water partition coefficient (Wildman–Crippen LogP) is 2.70. The highest BCUT2D eigenvalue weighted by Crippen LogP contribution is 2.31. The number of nitrogens with one attached hydrogen (secondary N) is 2. The topological polar surface area (TPSA) is 91.3 Å². The first-order chi connectivity index (χ1) is 9.85. The normalized spacial score (nSPS) is 14.4. The number of hydrogen-bond acceptors (Lipinski definition) is 5. The highest BCUT2D eigenvalue weighted by atomic mass is 32.2. The number of thioether (sulfide) groups is 1. The number of amides is 2. The molecule has 6 nitrogen and oxygen atoms in total. The first-order valence-electron chi connectivity index (χ1n) is 6.73. The van der Waals surface area contributed by atoms with Crippen LogP contribution < -0.4 is 10.6 Å². The van der Waals surface area contributed by atoms with Crippen LogP contribution in [0.1, 0.15) is 37.3 Å². The fourth-order valence-electron chi connectivity index (χ4n) is 2.00. The van der Waals surface area contributed by atoms with E-state index in [-0.39, 0.29) is 12.5 Å². The van der Waals surface area contributed by atoms with Gasteiger partial charge in [-0.15, -0.1) is 11.3 Å². The molecule has 0 saturated heterocycles. The molecule has 0 unspecified atom stereocenters. The van der Waals surface area contributed by atoms with Crippen molar-refractivity contribution in [1.82, 2.24) is 10.3 Å². The standard InChI is InChI=1S/C13H19N3O3S2/c1-13(2,5-3-10(17)18)16-11(19)15-12-14-8-4-6-20-7-9(8)21-12/h3-7H2,1-2H3,(H,17,18)(H2,14,15,16,19). The molecule has 1 aliphatic rings. The van der Waals surface area contributed by atoms with Gasteiger partial charge in [0, 0.05) is 22.6 Å². The molecule has 116 valence electrons. The van der Waals surface area contributed by atoms with Crippen LogP contribution in [0.5, 0.6) is 0 Å². The number of carbonyl (C=O) groups excluding carboxylic acids is 1. The van der Waals surface area contributed by atoms with Crippen LogP contribution in [-0.2, 0) is 17.0 Å². The summed E-state index contributed by atoms with van der Waals surface area (Å²) in [6.45, 7) is 3.61. The van der Waals surface area contributed by atoms with Crippen molar-refractivity contribution < 1.29 is 14.7 Å². The summed E-state index contributed by atoms with van der Waals surface area (Å²) in [6, 6.07) is -0.343. The number of aromatic nitrogens is 1. The van der Waals surface area contributed by atoms with Crippen molar-refractivity contribution in [3.05, 3.63) is 10.6 Å². The maximum Gasteiger partial charge on any atom is 0.321 e. The molecule has 1 aliphatic heterocycles. The number of fused-ring (bicyclic) bond motifs is 1. The molecule has 0 spiro atoms. The molecule has 0 aromatic carbocycles. The van der Waals surface area contributed by atoms with Crippen molar-refractivity contribution in [3.8, 4) is 0 Å². The number of carbonyl (C=O) groups is 2. The molecule has 2 amide bonds. The Labute approximate surface area is 131 Å². The molecule has 2 rings (SSSR count). The van der Waals surface area contributed by atoms with Crippen LogP contribution in [0.25, 0.3) is 0 Å². The number of hydrogen-bond donors (Lipinski definition) is 3. The smallest absolute Gasteiger partial charge is 0.321 e. The van der Waals surface area contributed by atoms with Crippen LogP contribution >= 0.6 is 23.1 Å². The lowest BCUT2D eigenvalue weighted by Gasteiger charge is -2.25. The minimum absolute atomic E-state index is 0.0239. The number of aryl methyl sites for hydroxylation is 1. The molecule has 0 radical (unpaired) electrons. The van der Waals surface area contributed by atoms with Gasteiger partial charge in [0.1, 0.15) is 0 Å². The van der Waals surface area contributed by atoms with Crippen LogP contribution in [0.2, 0.25) is 0 Å². The molecule has 0 saturated carbocycles. The highest BCUT2D eigenvalue weighted by Gasteiger charge is 2.23. The van der Waals surface area contributed by atoms with Crippen molar-refractivity contribution >= 4 is 40.2 Å². The van der Waals surface area contributed by atoms with Gasteiger partial charge in [-0.2, -0.15) is 11.8 Å². The van der Waals surface area contributed by atoms with Crippen LogP contribution in [0.15, 0.2) is 0 Å². The summed E-state index contributed by atoms with van der Waals surface area (Å²) in [5.41, 5.74) is 0.508. The number of carboxylic acids is 1. The van der Waals surface area contributed by atoms with Gasteiger partial charge in [0.2, 0.25) is 0 Å². The van der Waals surface area contributed by atoms with E-state index < -0.39 is 11.5 Å². The Bertz CT molecular complexity index is 519. The monoisotopic (exact) mass is 329 g/mol. The molecular formula is C13H19N3O3S2. The molecule has 0 atom stereocenters. The summed E-state index contributed by atoms with van der Waals surface area (Å²) >= 11 is 3.39. The third kappa shape index (κ3) is 4.89. The molecule has 21 heavy (non-hydrogen) atoms. The third-order valence-electron chi connectivity index (χ3n) is 3.13. The second kappa shape index (κ2) is 6.65. The summed E-state index contributed by atoms with van der Waals surface area (Å²) in [7, 11) is 0. The summed E-state index contributed by atoms with van der Waals surface area (Å²) < 4.78 is 0. The maximum atomic E-state index is 12.0. The molecule has 3 N–H and O–H groups in total. The van der Waals surface area contributed by atoms with Gasteiger partial charge >= 0.3 is 12.0 Å². The van der Waals surface area contributed by atoms with E-state index in [9.17, 15) is 9.59 Å². The first-order valence-corrected chi connectivity index (χ1v) is 8.70. The summed E-state index contributed by atoms with van der Waals surface area (Å²) in [6.07, 6.45) is 1.35. The zero-order valence-corrected chi connectivity index (χ0v) is 13.7. The van der Waals surface area contributed by atoms with Gasteiger partial charge in [-0.1, -0.05) is 0 Å². The zero-order chi connectivity index (χ0) is 15.5. The lowest BCUT2D eigenvalue weighted by Crippen LogP contribution is -2.45. The van der Waals surface area contributed by atoms with Gasteiger partial charge in [0.15, 0.2) is 5.13 Å². The summed E-state index contributed by atoms with van der Waals surface area (Å²) in [4.78, 5) is 28.2. The second-order valence-corrected chi connectivity index (χ2v) is 7.74. The number of aliphatic carboxylic acids is 1. The van der Waals surface area contributed by atoms with Gasteiger partial charge in [0.25, 0.3) is 0 Å². The minimum atomic E-state index is -0.865. The van der Waals surface area contributed by atoms with Gasteiger partial charge in [-0.05, 0) is 32.4 Å². The average molecular weight is 329 g/mol. The number of nitrogens with zero attached hydrogens (tertiary/aromatic N) is 1. The highest BCUT2D eigenvalue weighted by molar-refractivity contribution is 7.98. The summed E-state index contributed by atoms with van der Waals surface area (Å²) in [5, 5.41) is 14.8. The number of anilines is 1. The van der Waals surface area contributed by atoms with Crippen LogP contribution in [0.4, 0.5) is 9.93 Å². The molecule has 1 aromatic heterocycles. The Hall–Kier alpha value is -1.28. The number of thiazole rings is 1. The molecule has 0 fully saturated rings. The summed E-state index contributed by atoms with van der Waals surface area (Å²) in [5.74, 6) is 1.17. The van der Waals surface area contributed by atoms with Gasteiger partial charge in [0.05, 0.1) is 5.69 Å². The Morgan fingerprint density at radius 2 is 2.19 bits per heavy atom. The molecule has 1 aromatic rings. The fourth-order valence-corrected chi connectivity index (χ4v) is 4.11. The Balaban J connectivity index is 1.89. The van der Waals surface area contributed by atoms with E-state index in [1.165, 1.54) is 16.2 Å². The van der Waals surface area contributed by atoms with Gasteiger partial charge in [-0.3, -0.25) is 10.1 Å². The molecular weight excluding hydrogens is 310 g/mol. The zero-order valence-electron chi connectivity index (χ0n) is 12.1. The van der Waals surface area contributed by atoms with Crippen LogP contribution in [-0.4, -0.2) is 33.4 Å². The maximum absolute atomic E-state index is 12.0. The molecule has 0 aliphatic carbocycles. The Morgan fingerprint density at radius 3 is 2.86 bits per heavy atom. The Morgan fingerprint density at radius 1 is 1.43 bits per heavy atom.